The molecule has 29 heavy (non-hydrogen) atoms. The fourth-order valence-corrected chi connectivity index (χ4v) is 3.87. The number of ether oxygens (including phenoxy) is 2. The molecule has 0 atom stereocenters. The van der Waals surface area contributed by atoms with Gasteiger partial charge < -0.3 is 29.3 Å². The number of carbonyl (C=O) groups excluding carboxylic acids is 1. The van der Waals surface area contributed by atoms with E-state index in [1.165, 1.54) is 21.1 Å². The number of carboxylic acid groups (broad SMARTS) is 1. The maximum Gasteiger partial charge on any atom is 1.00 e. The van der Waals surface area contributed by atoms with Gasteiger partial charge in [0.1, 0.15) is 11.5 Å². The number of sulfone groups is 1. The number of rotatable bonds is 6. The first-order chi connectivity index (χ1) is 12.8. The predicted octanol–water partition coefficient (Wildman–Crippen LogP) is -5.74. The largest absolute Gasteiger partial charge is 1.00 e. The smallest absolute Gasteiger partial charge is 0.545 e. The monoisotopic (exact) mass is 435 g/mol. The van der Waals surface area contributed by atoms with E-state index in [0.717, 1.165) is 6.20 Å². The van der Waals surface area contributed by atoms with Gasteiger partial charge in [-0.3, -0.25) is 4.98 Å². The second-order valence-electron chi connectivity index (χ2n) is 5.68. The molecule has 3 aromatic rings. The molecule has 0 fully saturated rings. The number of carbonyl (C=O) groups is 1. The molecule has 9 nitrogen and oxygen atoms in total. The van der Waals surface area contributed by atoms with Crippen molar-refractivity contribution in [3.05, 3.63) is 41.2 Å². The zero-order valence-corrected chi connectivity index (χ0v) is 21.5. The minimum absolute atomic E-state index is 0. The molecule has 0 radical (unpaired) electrons. The summed E-state index contributed by atoms with van der Waals surface area (Å²) in [6, 6.07) is 4.85. The molecule has 0 aliphatic heterocycles. The van der Waals surface area contributed by atoms with Crippen LogP contribution in [0.5, 0.6) is 11.5 Å². The Kier molecular flexibility index (Phi) is 9.15. The number of carboxylic acids is 1. The minimum Gasteiger partial charge on any atom is -0.545 e. The van der Waals surface area contributed by atoms with Gasteiger partial charge in [0, 0.05) is 16.9 Å². The van der Waals surface area contributed by atoms with Gasteiger partial charge in [-0.2, -0.15) is 0 Å². The molecule has 2 aromatic heterocycles. The summed E-state index contributed by atoms with van der Waals surface area (Å²) in [7, 11) is -1.14. The van der Waals surface area contributed by atoms with Gasteiger partial charge in [-0.05, 0) is 30.1 Å². The van der Waals surface area contributed by atoms with Crippen LogP contribution in [0.3, 0.4) is 0 Å². The number of hydrogen-bond donors (Lipinski definition) is 0. The molecular weight excluding hydrogens is 420 g/mol. The van der Waals surface area contributed by atoms with Gasteiger partial charge in [-0.1, -0.05) is 6.07 Å². The van der Waals surface area contributed by atoms with Gasteiger partial charge in [0.2, 0.25) is 0 Å². The van der Waals surface area contributed by atoms with Crippen molar-refractivity contribution in [1.29, 1.82) is 0 Å². The van der Waals surface area contributed by atoms with E-state index in [-0.39, 0.29) is 81.3 Å². The Balaban J connectivity index is 0.00000210. The van der Waals surface area contributed by atoms with E-state index >= 15 is 0 Å². The summed E-state index contributed by atoms with van der Waals surface area (Å²) >= 11 is 0. The number of aromatic nitrogens is 3. The minimum atomic E-state index is -3.92. The second-order valence-corrected chi connectivity index (χ2v) is 7.57. The van der Waals surface area contributed by atoms with Crippen LogP contribution in [0.25, 0.3) is 11.0 Å². The van der Waals surface area contributed by atoms with Crippen LogP contribution in [0, 0.1) is 6.92 Å². The number of nitrogens with zero attached hydrogens (tertiary/aromatic N) is 3. The van der Waals surface area contributed by atoms with Crippen LogP contribution in [0.2, 0.25) is 0 Å². The SMILES string of the molecule is COc1ccc2[n-]c(S(=O)(=O)Cc3ncc(C(=O)[O-])c(OC)c3C)nc2c1.[Na+].[Na+]. The first kappa shape index (κ1) is 25.9. The van der Waals surface area contributed by atoms with E-state index in [0.29, 0.717) is 22.3 Å². The molecule has 0 aliphatic rings. The number of aromatic carboxylic acids is 1. The normalized spacial score (nSPS) is 10.7. The summed E-state index contributed by atoms with van der Waals surface area (Å²) in [6.07, 6.45) is 1.01. The molecule has 0 saturated carbocycles. The van der Waals surface area contributed by atoms with Gasteiger partial charge in [-0.15, -0.1) is 0 Å². The standard InChI is InChI=1S/C17H17N3O6S.2Na/c1-9-14(18-7-11(16(21)22)15(9)26-3)8-27(23,24)17-19-12-5-4-10(25-2)6-13(12)20-17;;/h4-7H,8H2,1-3H3,(H2,19,20,21,22);;/q;2*+1/p-2. The first-order valence-corrected chi connectivity index (χ1v) is 9.37. The zero-order chi connectivity index (χ0) is 19.8. The van der Waals surface area contributed by atoms with Crippen molar-refractivity contribution in [2.75, 3.05) is 14.2 Å². The molecule has 1 aromatic carbocycles. The zero-order valence-electron chi connectivity index (χ0n) is 16.7. The van der Waals surface area contributed by atoms with Crippen molar-refractivity contribution in [3.63, 3.8) is 0 Å². The topological polar surface area (TPSA) is 133 Å². The summed E-state index contributed by atoms with van der Waals surface area (Å²) < 4.78 is 35.6. The van der Waals surface area contributed by atoms with E-state index in [1.54, 1.807) is 18.2 Å². The van der Waals surface area contributed by atoms with E-state index in [4.69, 9.17) is 9.47 Å². The summed E-state index contributed by atoms with van der Waals surface area (Å²) in [5.41, 5.74) is 0.994. The number of methoxy groups -OCH3 is 2. The molecule has 142 valence electrons. The fraction of sp³-hybridized carbons (Fsp3) is 0.235. The third-order valence-electron chi connectivity index (χ3n) is 4.01. The molecule has 0 spiro atoms. The third-order valence-corrected chi connectivity index (χ3v) is 5.40. The van der Waals surface area contributed by atoms with Crippen LogP contribution in [0.4, 0.5) is 0 Å². The molecule has 0 saturated heterocycles. The first-order valence-electron chi connectivity index (χ1n) is 7.72. The number of pyridine rings is 1. The molecule has 0 amide bonds. The number of hydrogen-bond acceptors (Lipinski definition) is 8. The van der Waals surface area contributed by atoms with Gasteiger partial charge in [0.25, 0.3) is 0 Å². The second kappa shape index (κ2) is 10.3. The van der Waals surface area contributed by atoms with Crippen LogP contribution in [-0.2, 0) is 15.6 Å². The van der Waals surface area contributed by atoms with Crippen molar-refractivity contribution in [2.24, 2.45) is 0 Å². The molecule has 0 aliphatic carbocycles. The Bertz CT molecular complexity index is 1150. The fourth-order valence-electron chi connectivity index (χ4n) is 2.61. The predicted molar refractivity (Wildman–Crippen MR) is 92.4 cm³/mol. The Labute approximate surface area is 211 Å². The molecule has 3 rings (SSSR count). The van der Waals surface area contributed by atoms with Gasteiger partial charge >= 0.3 is 59.1 Å². The quantitative estimate of drug-likeness (QED) is 0.347. The number of benzene rings is 1. The van der Waals surface area contributed by atoms with Gasteiger partial charge in [-0.25, -0.2) is 8.42 Å². The van der Waals surface area contributed by atoms with Crippen LogP contribution < -0.4 is 78.7 Å². The average Bonchev–Trinajstić information content (AvgIpc) is 3.07. The molecule has 0 unspecified atom stereocenters. The molecular formula is C17H15N3Na2O6S. The average molecular weight is 435 g/mol. The maximum absolute atomic E-state index is 12.7. The third kappa shape index (κ3) is 5.32. The van der Waals surface area contributed by atoms with Gasteiger partial charge in [0.15, 0.2) is 9.84 Å². The molecule has 2 heterocycles. The summed E-state index contributed by atoms with van der Waals surface area (Å²) in [6.45, 7) is 1.52. The van der Waals surface area contributed by atoms with Crippen LogP contribution >= 0.6 is 0 Å². The maximum atomic E-state index is 12.7. The van der Waals surface area contributed by atoms with Gasteiger partial charge in [0.05, 0.1) is 37.2 Å². The van der Waals surface area contributed by atoms with E-state index in [1.807, 2.05) is 0 Å². The Hall–Kier alpha value is -1.14. The van der Waals surface area contributed by atoms with Crippen molar-refractivity contribution in [2.45, 2.75) is 17.8 Å². The summed E-state index contributed by atoms with van der Waals surface area (Å²) in [4.78, 5) is 23.2. The van der Waals surface area contributed by atoms with Crippen LogP contribution in [-0.4, -0.2) is 38.6 Å². The Morgan fingerprint density at radius 1 is 1.21 bits per heavy atom. The molecule has 12 heteroatoms. The van der Waals surface area contributed by atoms with E-state index < -0.39 is 21.6 Å². The van der Waals surface area contributed by atoms with Crippen molar-refractivity contribution < 1.29 is 86.9 Å². The van der Waals surface area contributed by atoms with Crippen molar-refractivity contribution >= 4 is 26.8 Å². The van der Waals surface area contributed by atoms with Crippen LogP contribution in [0.1, 0.15) is 21.6 Å². The number of fused-ring (bicyclic) bond motifs is 1. The molecule has 0 bridgehead atoms. The Morgan fingerprint density at radius 3 is 2.48 bits per heavy atom. The summed E-state index contributed by atoms with van der Waals surface area (Å²) in [5.74, 6) is -1.42. The van der Waals surface area contributed by atoms with Crippen molar-refractivity contribution in [1.82, 2.24) is 15.0 Å². The Morgan fingerprint density at radius 2 is 1.90 bits per heavy atom. The number of imidazole rings is 1. The molecule has 0 N–H and O–H groups in total. The van der Waals surface area contributed by atoms with Crippen LogP contribution in [0.15, 0.2) is 29.6 Å². The summed E-state index contributed by atoms with van der Waals surface area (Å²) in [5, 5.41) is 10.8. The van der Waals surface area contributed by atoms with E-state index in [2.05, 4.69) is 15.0 Å². The van der Waals surface area contributed by atoms with E-state index in [9.17, 15) is 18.3 Å². The van der Waals surface area contributed by atoms with Crippen molar-refractivity contribution in [3.8, 4) is 11.5 Å².